The third kappa shape index (κ3) is 4.98. The van der Waals surface area contributed by atoms with Crippen LogP contribution in [0.25, 0.3) is 0 Å². The van der Waals surface area contributed by atoms with E-state index in [9.17, 15) is 0 Å². The average molecular weight is 213 g/mol. The molecule has 90 valence electrons. The zero-order valence-corrected chi connectivity index (χ0v) is 10.8. The van der Waals surface area contributed by atoms with Gasteiger partial charge in [0.05, 0.1) is 6.10 Å². The molecule has 2 nitrogen and oxygen atoms in total. The molecule has 0 aromatic carbocycles. The first kappa shape index (κ1) is 13.0. The number of rotatable bonds is 5. The highest BCUT2D eigenvalue weighted by Gasteiger charge is 2.28. The molecule has 1 N–H and O–H groups in total. The molecule has 0 aromatic rings. The van der Waals surface area contributed by atoms with Crippen molar-refractivity contribution in [2.45, 2.75) is 65.0 Å². The van der Waals surface area contributed by atoms with Crippen LogP contribution in [0.2, 0.25) is 0 Å². The van der Waals surface area contributed by atoms with Gasteiger partial charge in [-0.3, -0.25) is 0 Å². The molecule has 0 saturated carbocycles. The molecule has 1 saturated heterocycles. The van der Waals surface area contributed by atoms with E-state index in [1.807, 2.05) is 0 Å². The van der Waals surface area contributed by atoms with E-state index in [1.54, 1.807) is 0 Å². The molecule has 2 atom stereocenters. The van der Waals surface area contributed by atoms with Crippen molar-refractivity contribution in [2.75, 3.05) is 13.2 Å². The fourth-order valence-electron chi connectivity index (χ4n) is 2.09. The minimum absolute atomic E-state index is 0.234. The van der Waals surface area contributed by atoms with Gasteiger partial charge in [-0.2, -0.15) is 0 Å². The molecule has 1 heterocycles. The lowest BCUT2D eigenvalue weighted by atomic mass is 9.96. The number of unbranched alkanes of at least 4 members (excludes halogenated alkanes) is 1. The predicted octanol–water partition coefficient (Wildman–Crippen LogP) is 2.97. The summed E-state index contributed by atoms with van der Waals surface area (Å²) >= 11 is 0. The van der Waals surface area contributed by atoms with Crippen molar-refractivity contribution < 1.29 is 4.74 Å². The van der Waals surface area contributed by atoms with Gasteiger partial charge >= 0.3 is 0 Å². The Labute approximate surface area is 94.8 Å². The molecular weight excluding hydrogens is 186 g/mol. The van der Waals surface area contributed by atoms with Crippen LogP contribution in [0.5, 0.6) is 0 Å². The van der Waals surface area contributed by atoms with Crippen molar-refractivity contribution in [2.24, 2.45) is 5.92 Å². The summed E-state index contributed by atoms with van der Waals surface area (Å²) in [5.41, 5.74) is 0.234. The molecule has 2 heteroatoms. The number of nitrogens with one attached hydrogen (secondary N) is 1. The maximum absolute atomic E-state index is 5.79. The van der Waals surface area contributed by atoms with Gasteiger partial charge in [-0.05, 0) is 39.5 Å². The number of hydrogen-bond donors (Lipinski definition) is 1. The Balaban J connectivity index is 2.27. The summed E-state index contributed by atoms with van der Waals surface area (Å²) in [4.78, 5) is 0. The standard InChI is InChI=1S/C13H27NO/c1-5-6-7-12-11(8-9-15-12)10-14-13(2,3)4/h11-12,14H,5-10H2,1-4H3. The second-order valence-corrected chi connectivity index (χ2v) is 5.73. The van der Waals surface area contributed by atoms with E-state index in [2.05, 4.69) is 33.0 Å². The molecule has 0 amide bonds. The van der Waals surface area contributed by atoms with E-state index in [0.29, 0.717) is 6.10 Å². The van der Waals surface area contributed by atoms with Crippen molar-refractivity contribution in [1.82, 2.24) is 5.32 Å². The summed E-state index contributed by atoms with van der Waals surface area (Å²) in [6, 6.07) is 0. The summed E-state index contributed by atoms with van der Waals surface area (Å²) in [5, 5.41) is 3.59. The zero-order valence-electron chi connectivity index (χ0n) is 10.8. The van der Waals surface area contributed by atoms with Gasteiger partial charge in [0.1, 0.15) is 0 Å². The van der Waals surface area contributed by atoms with Crippen LogP contribution in [0.15, 0.2) is 0 Å². The lowest BCUT2D eigenvalue weighted by Crippen LogP contribution is -2.40. The third-order valence-electron chi connectivity index (χ3n) is 3.08. The first-order chi connectivity index (χ1) is 7.03. The first-order valence-electron chi connectivity index (χ1n) is 6.39. The Morgan fingerprint density at radius 2 is 2.07 bits per heavy atom. The Morgan fingerprint density at radius 1 is 1.33 bits per heavy atom. The number of hydrogen-bond acceptors (Lipinski definition) is 2. The number of ether oxygens (including phenoxy) is 1. The maximum Gasteiger partial charge on any atom is 0.0616 e. The molecule has 1 aliphatic rings. The van der Waals surface area contributed by atoms with Gasteiger partial charge < -0.3 is 10.1 Å². The fourth-order valence-corrected chi connectivity index (χ4v) is 2.09. The molecule has 0 radical (unpaired) electrons. The second-order valence-electron chi connectivity index (χ2n) is 5.73. The summed E-state index contributed by atoms with van der Waals surface area (Å²) in [7, 11) is 0. The van der Waals surface area contributed by atoms with Gasteiger partial charge in [0, 0.05) is 18.7 Å². The molecule has 0 bridgehead atoms. The van der Waals surface area contributed by atoms with Gasteiger partial charge in [-0.15, -0.1) is 0 Å². The molecule has 2 unspecified atom stereocenters. The Bertz CT molecular complexity index is 174. The van der Waals surface area contributed by atoms with E-state index < -0.39 is 0 Å². The molecular formula is C13H27NO. The van der Waals surface area contributed by atoms with E-state index in [4.69, 9.17) is 4.74 Å². The highest BCUT2D eigenvalue weighted by molar-refractivity contribution is 4.81. The molecule has 0 aliphatic carbocycles. The van der Waals surface area contributed by atoms with Gasteiger partial charge in [0.2, 0.25) is 0 Å². The normalized spacial score (nSPS) is 27.2. The van der Waals surface area contributed by atoms with Crippen molar-refractivity contribution >= 4 is 0 Å². The second kappa shape index (κ2) is 5.86. The Hall–Kier alpha value is -0.0800. The summed E-state index contributed by atoms with van der Waals surface area (Å²) in [6.07, 6.45) is 5.57. The molecule has 0 aromatic heterocycles. The van der Waals surface area contributed by atoms with Crippen LogP contribution in [0.4, 0.5) is 0 Å². The van der Waals surface area contributed by atoms with Crippen LogP contribution in [0, 0.1) is 5.92 Å². The minimum Gasteiger partial charge on any atom is -0.378 e. The fraction of sp³-hybridized carbons (Fsp3) is 1.00. The Kier molecular flexibility index (Phi) is 5.07. The van der Waals surface area contributed by atoms with Crippen LogP contribution in [0.3, 0.4) is 0 Å². The van der Waals surface area contributed by atoms with Crippen LogP contribution in [-0.4, -0.2) is 24.8 Å². The highest BCUT2D eigenvalue weighted by Crippen LogP contribution is 2.25. The third-order valence-corrected chi connectivity index (χ3v) is 3.08. The van der Waals surface area contributed by atoms with Crippen LogP contribution >= 0.6 is 0 Å². The van der Waals surface area contributed by atoms with Crippen LogP contribution < -0.4 is 5.32 Å². The van der Waals surface area contributed by atoms with E-state index in [1.165, 1.54) is 25.7 Å². The molecule has 1 aliphatic heterocycles. The Morgan fingerprint density at radius 3 is 2.67 bits per heavy atom. The average Bonchev–Trinajstić information content (AvgIpc) is 2.57. The largest absolute Gasteiger partial charge is 0.378 e. The summed E-state index contributed by atoms with van der Waals surface area (Å²) in [5.74, 6) is 0.732. The topological polar surface area (TPSA) is 21.3 Å². The minimum atomic E-state index is 0.234. The summed E-state index contributed by atoms with van der Waals surface area (Å²) < 4.78 is 5.79. The quantitative estimate of drug-likeness (QED) is 0.758. The zero-order chi connectivity index (χ0) is 11.3. The van der Waals surface area contributed by atoms with Crippen molar-refractivity contribution in [3.63, 3.8) is 0 Å². The highest BCUT2D eigenvalue weighted by atomic mass is 16.5. The lowest BCUT2D eigenvalue weighted by molar-refractivity contribution is 0.0799. The molecule has 1 fully saturated rings. The predicted molar refractivity (Wildman–Crippen MR) is 65.1 cm³/mol. The molecule has 0 spiro atoms. The van der Waals surface area contributed by atoms with Gasteiger partial charge in [-0.25, -0.2) is 0 Å². The van der Waals surface area contributed by atoms with E-state index >= 15 is 0 Å². The van der Waals surface area contributed by atoms with Crippen molar-refractivity contribution in [3.8, 4) is 0 Å². The monoisotopic (exact) mass is 213 g/mol. The van der Waals surface area contributed by atoms with Crippen molar-refractivity contribution in [3.05, 3.63) is 0 Å². The molecule has 1 rings (SSSR count). The summed E-state index contributed by atoms with van der Waals surface area (Å²) in [6.45, 7) is 11.0. The van der Waals surface area contributed by atoms with Gasteiger partial charge in [0.25, 0.3) is 0 Å². The maximum atomic E-state index is 5.79. The smallest absolute Gasteiger partial charge is 0.0616 e. The van der Waals surface area contributed by atoms with Gasteiger partial charge in [-0.1, -0.05) is 19.8 Å². The van der Waals surface area contributed by atoms with Gasteiger partial charge in [0.15, 0.2) is 0 Å². The lowest BCUT2D eigenvalue weighted by Gasteiger charge is -2.25. The van der Waals surface area contributed by atoms with Crippen LogP contribution in [-0.2, 0) is 4.74 Å². The first-order valence-corrected chi connectivity index (χ1v) is 6.39. The van der Waals surface area contributed by atoms with E-state index in [-0.39, 0.29) is 5.54 Å². The SMILES string of the molecule is CCCCC1OCCC1CNC(C)(C)C. The van der Waals surface area contributed by atoms with E-state index in [0.717, 1.165) is 19.1 Å². The van der Waals surface area contributed by atoms with Crippen LogP contribution in [0.1, 0.15) is 53.4 Å². The van der Waals surface area contributed by atoms with Crippen molar-refractivity contribution in [1.29, 1.82) is 0 Å². The molecule has 15 heavy (non-hydrogen) atoms.